The number of benzene rings is 1. The number of nitrogens with zero attached hydrogens (tertiary/aromatic N) is 5. The highest BCUT2D eigenvalue weighted by atomic mass is 32.2. The van der Waals surface area contributed by atoms with Crippen LogP contribution in [0, 0.1) is 0 Å². The van der Waals surface area contributed by atoms with Gasteiger partial charge in [0.15, 0.2) is 5.82 Å². The van der Waals surface area contributed by atoms with E-state index in [2.05, 4.69) is 25.1 Å². The van der Waals surface area contributed by atoms with Gasteiger partial charge in [-0.15, -0.1) is 10.2 Å². The number of hydrogen-bond donors (Lipinski definition) is 1. The van der Waals surface area contributed by atoms with Gasteiger partial charge < -0.3 is 9.88 Å². The molecule has 3 heterocycles. The van der Waals surface area contributed by atoms with Crippen LogP contribution < -0.4 is 5.32 Å². The van der Waals surface area contributed by atoms with Crippen molar-refractivity contribution in [3.8, 4) is 11.4 Å². The highest BCUT2D eigenvalue weighted by Gasteiger charge is 2.23. The molecule has 0 saturated heterocycles. The fourth-order valence-corrected chi connectivity index (χ4v) is 4.69. The number of hydrogen-bond acceptors (Lipinski definition) is 6. The second kappa shape index (κ2) is 8.94. The second-order valence-electron chi connectivity index (χ2n) is 7.48. The summed E-state index contributed by atoms with van der Waals surface area (Å²) in [6, 6.07) is 10.3. The minimum Gasteiger partial charge on any atom is -0.325 e. The van der Waals surface area contributed by atoms with E-state index in [0.29, 0.717) is 5.69 Å². The first-order valence-electron chi connectivity index (χ1n) is 10.1. The van der Waals surface area contributed by atoms with Crippen molar-refractivity contribution in [2.75, 3.05) is 18.9 Å². The summed E-state index contributed by atoms with van der Waals surface area (Å²) in [6.45, 7) is 0.563. The number of carbonyl (C=O) groups is 1. The number of carbonyl (C=O) groups excluding carboxylic acids is 1. The molecule has 9 nitrogen and oxygen atoms in total. The fourth-order valence-electron chi connectivity index (χ4n) is 3.60. The van der Waals surface area contributed by atoms with Gasteiger partial charge in [0.1, 0.15) is 10.7 Å². The molecule has 0 bridgehead atoms. The van der Waals surface area contributed by atoms with Gasteiger partial charge in [-0.2, -0.15) is 4.31 Å². The predicted octanol–water partition coefficient (Wildman–Crippen LogP) is 2.33. The summed E-state index contributed by atoms with van der Waals surface area (Å²) < 4.78 is 28.3. The van der Waals surface area contributed by atoms with E-state index >= 15 is 0 Å². The first-order valence-corrected chi connectivity index (χ1v) is 11.6. The Morgan fingerprint density at radius 1 is 1.16 bits per heavy atom. The van der Waals surface area contributed by atoms with Crippen LogP contribution >= 0.6 is 0 Å². The first kappa shape index (κ1) is 21.1. The minimum atomic E-state index is -3.80. The number of likely N-dealkylation sites (N-methyl/N-ethyl adjacent to an activating group) is 1. The fraction of sp³-hybridized carbons (Fsp3) is 0.333. The maximum atomic E-state index is 12.6. The summed E-state index contributed by atoms with van der Waals surface area (Å²) in [7, 11) is -2.43. The van der Waals surface area contributed by atoms with Gasteiger partial charge in [0.05, 0.1) is 6.54 Å². The Balaban J connectivity index is 1.47. The maximum Gasteiger partial charge on any atom is 0.244 e. The molecule has 0 radical (unpaired) electrons. The summed E-state index contributed by atoms with van der Waals surface area (Å²) in [5.41, 5.74) is 1.43. The van der Waals surface area contributed by atoms with E-state index in [4.69, 9.17) is 0 Å². The molecule has 1 amide bonds. The van der Waals surface area contributed by atoms with E-state index in [9.17, 15) is 13.2 Å². The smallest absolute Gasteiger partial charge is 0.244 e. The Labute approximate surface area is 181 Å². The summed E-state index contributed by atoms with van der Waals surface area (Å²) in [6.07, 6.45) is 7.05. The lowest BCUT2D eigenvalue weighted by molar-refractivity contribution is -0.116. The lowest BCUT2D eigenvalue weighted by Crippen LogP contribution is -2.35. The van der Waals surface area contributed by atoms with Crippen LogP contribution in [0.15, 0.2) is 53.7 Å². The summed E-state index contributed by atoms with van der Waals surface area (Å²) in [5, 5.41) is 11.5. The van der Waals surface area contributed by atoms with Gasteiger partial charge in [-0.25, -0.2) is 8.42 Å². The third-order valence-corrected chi connectivity index (χ3v) is 7.01. The molecule has 0 unspecified atom stereocenters. The molecule has 31 heavy (non-hydrogen) atoms. The third-order valence-electron chi connectivity index (χ3n) is 5.22. The largest absolute Gasteiger partial charge is 0.325 e. The van der Waals surface area contributed by atoms with Gasteiger partial charge in [0, 0.05) is 43.7 Å². The number of anilines is 1. The van der Waals surface area contributed by atoms with Crippen molar-refractivity contribution in [1.29, 1.82) is 0 Å². The van der Waals surface area contributed by atoms with Gasteiger partial charge in [-0.3, -0.25) is 9.78 Å². The van der Waals surface area contributed by atoms with Crippen LogP contribution in [-0.2, 0) is 27.8 Å². The summed E-state index contributed by atoms with van der Waals surface area (Å²) >= 11 is 0. The molecule has 1 aromatic carbocycles. The van der Waals surface area contributed by atoms with Crippen LogP contribution in [0.2, 0.25) is 0 Å². The SMILES string of the molecule is CN(CC(=O)Nc1cccc(-c2nnc3n2CCCCC3)c1)S(=O)(=O)c1cccnc1. The molecule has 3 aromatic rings. The zero-order valence-electron chi connectivity index (χ0n) is 17.2. The lowest BCUT2D eigenvalue weighted by Gasteiger charge is -2.17. The Kier molecular flexibility index (Phi) is 6.10. The second-order valence-corrected chi connectivity index (χ2v) is 9.53. The Bertz CT molecular complexity index is 1180. The van der Waals surface area contributed by atoms with Crippen LogP contribution in [0.4, 0.5) is 5.69 Å². The Morgan fingerprint density at radius 2 is 2.03 bits per heavy atom. The topological polar surface area (TPSA) is 110 Å². The van der Waals surface area contributed by atoms with Crippen molar-refractivity contribution in [1.82, 2.24) is 24.1 Å². The standard InChI is InChI=1S/C21H24N6O3S/c1-26(31(29,30)18-9-6-11-22-14-18)15-20(28)23-17-8-5-7-16(13-17)21-25-24-19-10-3-2-4-12-27(19)21/h5-9,11,13-14H,2-4,10,12,15H2,1H3,(H,23,28). The van der Waals surface area contributed by atoms with Gasteiger partial charge in [0.2, 0.25) is 15.9 Å². The first-order chi connectivity index (χ1) is 14.9. The number of amides is 1. The predicted molar refractivity (Wildman–Crippen MR) is 116 cm³/mol. The number of aryl methyl sites for hydroxylation is 1. The normalized spacial score (nSPS) is 14.1. The third kappa shape index (κ3) is 4.64. The molecule has 0 fully saturated rings. The van der Waals surface area contributed by atoms with Crippen LogP contribution in [-0.4, -0.2) is 52.0 Å². The lowest BCUT2D eigenvalue weighted by atomic mass is 10.2. The monoisotopic (exact) mass is 440 g/mol. The van der Waals surface area contributed by atoms with Crippen LogP contribution in [0.25, 0.3) is 11.4 Å². The molecule has 162 valence electrons. The molecule has 1 aliphatic rings. The number of nitrogens with one attached hydrogen (secondary N) is 1. The molecule has 1 aliphatic heterocycles. The molecule has 0 spiro atoms. The van der Waals surface area contributed by atoms with Crippen molar-refractivity contribution in [2.24, 2.45) is 0 Å². The Hall–Kier alpha value is -3.11. The highest BCUT2D eigenvalue weighted by Crippen LogP contribution is 2.25. The van der Waals surface area contributed by atoms with E-state index in [-0.39, 0.29) is 11.4 Å². The van der Waals surface area contributed by atoms with Gasteiger partial charge >= 0.3 is 0 Å². The van der Waals surface area contributed by atoms with Gasteiger partial charge in [-0.1, -0.05) is 18.6 Å². The van der Waals surface area contributed by atoms with Crippen molar-refractivity contribution in [3.63, 3.8) is 0 Å². The molecule has 4 rings (SSSR count). The Morgan fingerprint density at radius 3 is 2.84 bits per heavy atom. The van der Waals surface area contributed by atoms with E-state index in [0.717, 1.165) is 47.3 Å². The number of rotatable bonds is 6. The van der Waals surface area contributed by atoms with Crippen molar-refractivity contribution in [3.05, 3.63) is 54.6 Å². The average Bonchev–Trinajstić information content (AvgIpc) is 3.02. The number of pyridine rings is 1. The quantitative estimate of drug-likeness (QED) is 0.630. The molecular weight excluding hydrogens is 416 g/mol. The van der Waals surface area contributed by atoms with Crippen LogP contribution in [0.3, 0.4) is 0 Å². The van der Waals surface area contributed by atoms with Crippen molar-refractivity contribution < 1.29 is 13.2 Å². The van der Waals surface area contributed by atoms with Crippen LogP contribution in [0.1, 0.15) is 25.1 Å². The molecule has 0 aliphatic carbocycles. The van der Waals surface area contributed by atoms with Gasteiger partial charge in [0.25, 0.3) is 0 Å². The van der Waals surface area contributed by atoms with Crippen LogP contribution in [0.5, 0.6) is 0 Å². The number of fused-ring (bicyclic) bond motifs is 1. The molecule has 0 saturated carbocycles. The van der Waals surface area contributed by atoms with E-state index in [1.165, 1.54) is 38.0 Å². The van der Waals surface area contributed by atoms with E-state index in [1.807, 2.05) is 18.2 Å². The minimum absolute atomic E-state index is 0.0415. The van der Waals surface area contributed by atoms with Crippen molar-refractivity contribution >= 4 is 21.6 Å². The molecular formula is C21H24N6O3S. The molecule has 10 heteroatoms. The van der Waals surface area contributed by atoms with E-state index in [1.54, 1.807) is 6.07 Å². The highest BCUT2D eigenvalue weighted by molar-refractivity contribution is 7.89. The number of sulfonamides is 1. The van der Waals surface area contributed by atoms with E-state index < -0.39 is 15.9 Å². The molecule has 2 aromatic heterocycles. The zero-order chi connectivity index (χ0) is 21.8. The maximum absolute atomic E-state index is 12.6. The molecule has 1 N–H and O–H groups in total. The summed E-state index contributed by atoms with van der Waals surface area (Å²) in [5.74, 6) is 1.33. The average molecular weight is 441 g/mol. The van der Waals surface area contributed by atoms with Crippen molar-refractivity contribution in [2.45, 2.75) is 37.1 Å². The van der Waals surface area contributed by atoms with Gasteiger partial charge in [-0.05, 0) is 37.1 Å². The zero-order valence-corrected chi connectivity index (χ0v) is 18.0. The molecule has 0 atom stereocenters. The summed E-state index contributed by atoms with van der Waals surface area (Å²) in [4.78, 5) is 16.4. The number of aromatic nitrogens is 4.